The van der Waals surface area contributed by atoms with Crippen LogP contribution in [0.5, 0.6) is 0 Å². The van der Waals surface area contributed by atoms with Gasteiger partial charge in [0.05, 0.1) is 0 Å². The molecule has 0 amide bonds. The third-order valence-corrected chi connectivity index (χ3v) is 4.29. The van der Waals surface area contributed by atoms with Gasteiger partial charge in [-0.1, -0.05) is 0 Å². The maximum atomic E-state index is 5.87. The Bertz CT molecular complexity index is 433. The lowest BCUT2D eigenvalue weighted by Gasteiger charge is -1.99. The van der Waals surface area contributed by atoms with E-state index in [2.05, 4.69) is 41.0 Å². The predicted molar refractivity (Wildman–Crippen MR) is 63.7 cm³/mol. The van der Waals surface area contributed by atoms with Crippen molar-refractivity contribution in [1.29, 1.82) is 0 Å². The van der Waals surface area contributed by atoms with Crippen molar-refractivity contribution < 1.29 is 0 Å². The minimum Gasteiger partial charge on any atom is -0.398 e. The summed E-state index contributed by atoms with van der Waals surface area (Å²) in [6, 6.07) is 4.04. The van der Waals surface area contributed by atoms with Gasteiger partial charge >= 0.3 is 0 Å². The third-order valence-electron chi connectivity index (χ3n) is 1.89. The molecule has 2 aromatic rings. The largest absolute Gasteiger partial charge is 0.398 e. The van der Waals surface area contributed by atoms with E-state index in [0.717, 1.165) is 5.69 Å². The molecule has 2 rings (SSSR count). The number of rotatable bonds is 0. The second-order valence-electron chi connectivity index (χ2n) is 2.76. The number of benzene rings is 1. The zero-order valence-electron chi connectivity index (χ0n) is 6.60. The van der Waals surface area contributed by atoms with E-state index >= 15 is 0 Å². The van der Waals surface area contributed by atoms with Gasteiger partial charge in [0.2, 0.25) is 0 Å². The molecule has 2 N–H and O–H groups in total. The second kappa shape index (κ2) is 2.88. The molecule has 1 aromatic carbocycles. The van der Waals surface area contributed by atoms with E-state index < -0.39 is 0 Å². The van der Waals surface area contributed by atoms with E-state index in [1.54, 1.807) is 11.3 Å². The molecule has 0 aliphatic carbocycles. The fourth-order valence-electron chi connectivity index (χ4n) is 1.30. The summed E-state index contributed by atoms with van der Waals surface area (Å²) in [4.78, 5) is 0. The Morgan fingerprint density at radius 2 is 2.17 bits per heavy atom. The molecule has 1 nitrogen and oxygen atoms in total. The number of hydrogen-bond donors (Lipinski definition) is 1. The van der Waals surface area contributed by atoms with Crippen LogP contribution in [0.4, 0.5) is 5.69 Å². The van der Waals surface area contributed by atoms with Gasteiger partial charge < -0.3 is 5.73 Å². The van der Waals surface area contributed by atoms with E-state index in [1.165, 1.54) is 19.2 Å². The number of fused-ring (bicyclic) bond motifs is 1. The maximum absolute atomic E-state index is 5.87. The van der Waals surface area contributed by atoms with Gasteiger partial charge in [-0.05, 0) is 52.6 Å². The summed E-state index contributed by atoms with van der Waals surface area (Å²) in [5.74, 6) is 0. The van der Waals surface area contributed by atoms with Crippen LogP contribution in [0, 0.1) is 10.5 Å². The van der Waals surface area contributed by atoms with Crippen molar-refractivity contribution in [3.63, 3.8) is 0 Å². The zero-order valence-corrected chi connectivity index (χ0v) is 9.57. The smallest absolute Gasteiger partial charge is 0.0499 e. The van der Waals surface area contributed by atoms with E-state index in [0.29, 0.717) is 0 Å². The topological polar surface area (TPSA) is 26.0 Å². The second-order valence-corrected chi connectivity index (χ2v) is 4.80. The number of halogens is 1. The number of nitrogens with two attached hydrogens (primary N) is 1. The molecule has 0 aliphatic rings. The Kier molecular flexibility index (Phi) is 2.00. The highest BCUT2D eigenvalue weighted by Gasteiger charge is 2.05. The monoisotopic (exact) mass is 289 g/mol. The summed E-state index contributed by atoms with van der Waals surface area (Å²) in [7, 11) is 0. The minimum absolute atomic E-state index is 0.893. The van der Waals surface area contributed by atoms with Gasteiger partial charge in [-0.3, -0.25) is 0 Å². The van der Waals surface area contributed by atoms with Crippen molar-refractivity contribution in [3.05, 3.63) is 26.6 Å². The molecule has 0 fully saturated rings. The van der Waals surface area contributed by atoms with E-state index in [9.17, 15) is 0 Å². The molecule has 1 aromatic heterocycles. The van der Waals surface area contributed by atoms with E-state index in [-0.39, 0.29) is 0 Å². The highest BCUT2D eigenvalue weighted by atomic mass is 127. The number of thiophene rings is 1. The Labute approximate surface area is 88.7 Å². The average molecular weight is 289 g/mol. The van der Waals surface area contributed by atoms with Crippen LogP contribution in [0.3, 0.4) is 0 Å². The van der Waals surface area contributed by atoms with Crippen molar-refractivity contribution >= 4 is 49.7 Å². The van der Waals surface area contributed by atoms with E-state index in [1.807, 2.05) is 6.07 Å². The van der Waals surface area contributed by atoms with Crippen LogP contribution < -0.4 is 5.73 Å². The van der Waals surface area contributed by atoms with Crippen molar-refractivity contribution in [1.82, 2.24) is 0 Å². The normalized spacial score (nSPS) is 10.8. The summed E-state index contributed by atoms with van der Waals surface area (Å²) >= 11 is 4.11. The maximum Gasteiger partial charge on any atom is 0.0499 e. The lowest BCUT2D eigenvalue weighted by Crippen LogP contribution is -1.86. The summed E-state index contributed by atoms with van der Waals surface area (Å²) in [5.41, 5.74) is 8.05. The van der Waals surface area contributed by atoms with Crippen molar-refractivity contribution in [3.8, 4) is 0 Å². The van der Waals surface area contributed by atoms with Gasteiger partial charge in [0.15, 0.2) is 0 Å². The first-order valence-electron chi connectivity index (χ1n) is 3.62. The Hall–Kier alpha value is -0.290. The predicted octanol–water partition coefficient (Wildman–Crippen LogP) is 3.40. The van der Waals surface area contributed by atoms with Gasteiger partial charge in [0.25, 0.3) is 0 Å². The van der Waals surface area contributed by atoms with Gasteiger partial charge in [-0.25, -0.2) is 0 Å². The van der Waals surface area contributed by atoms with Crippen LogP contribution in [0.2, 0.25) is 0 Å². The molecule has 0 saturated heterocycles. The highest BCUT2D eigenvalue weighted by Crippen LogP contribution is 2.33. The standard InChI is InChI=1S/C9H8INS/c1-5-4-12-9-6(10)2-3-7(11)8(5)9/h2-4H,11H2,1H3. The van der Waals surface area contributed by atoms with Crippen molar-refractivity contribution in [2.75, 3.05) is 5.73 Å². The van der Waals surface area contributed by atoms with Gasteiger partial charge in [-0.15, -0.1) is 11.3 Å². The van der Waals surface area contributed by atoms with Crippen molar-refractivity contribution in [2.24, 2.45) is 0 Å². The van der Waals surface area contributed by atoms with Crippen LogP contribution >= 0.6 is 33.9 Å². The Morgan fingerprint density at radius 3 is 2.83 bits per heavy atom. The summed E-state index contributed by atoms with van der Waals surface area (Å²) in [6.45, 7) is 2.10. The molecule has 0 atom stereocenters. The van der Waals surface area contributed by atoms with Gasteiger partial charge in [0.1, 0.15) is 0 Å². The fraction of sp³-hybridized carbons (Fsp3) is 0.111. The van der Waals surface area contributed by atoms with Crippen LogP contribution in [-0.2, 0) is 0 Å². The molecule has 0 aliphatic heterocycles. The Morgan fingerprint density at radius 1 is 1.42 bits per heavy atom. The SMILES string of the molecule is Cc1csc2c(I)ccc(N)c12. The highest BCUT2D eigenvalue weighted by molar-refractivity contribution is 14.1. The molecule has 0 radical (unpaired) electrons. The lowest BCUT2D eigenvalue weighted by atomic mass is 10.1. The molecule has 12 heavy (non-hydrogen) atoms. The quantitative estimate of drug-likeness (QED) is 0.584. The number of aryl methyl sites for hydroxylation is 1. The van der Waals surface area contributed by atoms with Gasteiger partial charge in [-0.2, -0.15) is 0 Å². The molecule has 1 heterocycles. The Balaban J connectivity index is 2.98. The average Bonchev–Trinajstić information content (AvgIpc) is 2.42. The van der Waals surface area contributed by atoms with E-state index in [4.69, 9.17) is 5.73 Å². The molecular formula is C9H8INS. The third kappa shape index (κ3) is 1.11. The summed E-state index contributed by atoms with van der Waals surface area (Å²) in [6.07, 6.45) is 0. The van der Waals surface area contributed by atoms with Crippen LogP contribution in [0.1, 0.15) is 5.56 Å². The van der Waals surface area contributed by atoms with Gasteiger partial charge in [0, 0.05) is 19.3 Å². The molecule has 0 saturated carbocycles. The number of anilines is 1. The van der Waals surface area contributed by atoms with Crippen LogP contribution in [-0.4, -0.2) is 0 Å². The molecule has 62 valence electrons. The summed E-state index contributed by atoms with van der Waals surface area (Å²) < 4.78 is 2.60. The fourth-order valence-corrected chi connectivity index (χ4v) is 3.12. The minimum atomic E-state index is 0.893. The lowest BCUT2D eigenvalue weighted by molar-refractivity contribution is 1.59. The first kappa shape index (κ1) is 8.31. The number of nitrogen functional groups attached to an aromatic ring is 1. The molecule has 0 unspecified atom stereocenters. The van der Waals surface area contributed by atoms with Crippen LogP contribution in [0.15, 0.2) is 17.5 Å². The zero-order chi connectivity index (χ0) is 8.72. The van der Waals surface area contributed by atoms with Crippen LogP contribution in [0.25, 0.3) is 10.1 Å². The summed E-state index contributed by atoms with van der Waals surface area (Å²) in [5, 5.41) is 3.38. The molecular weight excluding hydrogens is 281 g/mol. The number of hydrogen-bond acceptors (Lipinski definition) is 2. The molecule has 0 bridgehead atoms. The molecule has 0 spiro atoms. The molecule has 3 heteroatoms. The van der Waals surface area contributed by atoms with Crippen molar-refractivity contribution in [2.45, 2.75) is 6.92 Å². The first-order valence-corrected chi connectivity index (χ1v) is 5.58. The first-order chi connectivity index (χ1) is 5.70.